The average molecular weight is 402 g/mol. The first-order chi connectivity index (χ1) is 14.9. The highest BCUT2D eigenvalue weighted by atomic mass is 16.5. The van der Waals surface area contributed by atoms with Gasteiger partial charge in [0.05, 0.1) is 5.71 Å². The third-order valence-electron chi connectivity index (χ3n) is 5.18. The van der Waals surface area contributed by atoms with E-state index in [4.69, 9.17) is 19.2 Å². The quantitative estimate of drug-likeness (QED) is 0.390. The SMILES string of the molecule is COCCCO[C@H]1COc2ccccc2[C@@H]1N=C(c1ccccc1)c1ccccc1. The molecule has 0 spiro atoms. The first-order valence-corrected chi connectivity index (χ1v) is 10.4. The lowest BCUT2D eigenvalue weighted by Gasteiger charge is -2.32. The molecule has 1 aliphatic heterocycles. The lowest BCUT2D eigenvalue weighted by molar-refractivity contribution is -0.0128. The molecule has 1 heterocycles. The molecule has 2 atom stereocenters. The molecule has 0 saturated heterocycles. The monoisotopic (exact) mass is 401 g/mol. The van der Waals surface area contributed by atoms with Gasteiger partial charge in [-0.3, -0.25) is 4.99 Å². The van der Waals surface area contributed by atoms with E-state index in [9.17, 15) is 0 Å². The summed E-state index contributed by atoms with van der Waals surface area (Å²) in [7, 11) is 1.71. The Kier molecular flexibility index (Phi) is 6.91. The van der Waals surface area contributed by atoms with Crippen LogP contribution in [0.15, 0.2) is 89.9 Å². The minimum absolute atomic E-state index is 0.145. The van der Waals surface area contributed by atoms with Crippen molar-refractivity contribution in [2.45, 2.75) is 18.6 Å². The van der Waals surface area contributed by atoms with E-state index in [1.54, 1.807) is 7.11 Å². The fourth-order valence-electron chi connectivity index (χ4n) is 3.70. The van der Waals surface area contributed by atoms with Gasteiger partial charge in [0.15, 0.2) is 0 Å². The van der Waals surface area contributed by atoms with Crippen LogP contribution in [0.5, 0.6) is 5.75 Å². The predicted octanol–water partition coefficient (Wildman–Crippen LogP) is 5.08. The van der Waals surface area contributed by atoms with Crippen molar-refractivity contribution < 1.29 is 14.2 Å². The topological polar surface area (TPSA) is 40.0 Å². The lowest BCUT2D eigenvalue weighted by Crippen LogP contribution is -2.33. The van der Waals surface area contributed by atoms with Crippen LogP contribution in [0, 0.1) is 0 Å². The van der Waals surface area contributed by atoms with Gasteiger partial charge in [-0.1, -0.05) is 78.9 Å². The second kappa shape index (κ2) is 10.2. The molecule has 4 nitrogen and oxygen atoms in total. The van der Waals surface area contributed by atoms with Crippen LogP contribution in [0.3, 0.4) is 0 Å². The van der Waals surface area contributed by atoms with E-state index in [1.807, 2.05) is 54.6 Å². The average Bonchev–Trinajstić information content (AvgIpc) is 2.82. The highest BCUT2D eigenvalue weighted by molar-refractivity contribution is 6.13. The summed E-state index contributed by atoms with van der Waals surface area (Å²) in [6.07, 6.45) is 0.689. The molecule has 0 aliphatic carbocycles. The molecule has 0 radical (unpaired) electrons. The van der Waals surface area contributed by atoms with Crippen LogP contribution >= 0.6 is 0 Å². The van der Waals surface area contributed by atoms with Crippen LogP contribution in [0.1, 0.15) is 29.2 Å². The maximum absolute atomic E-state index is 6.22. The second-order valence-corrected chi connectivity index (χ2v) is 7.26. The largest absolute Gasteiger partial charge is 0.490 e. The van der Waals surface area contributed by atoms with Crippen molar-refractivity contribution >= 4 is 5.71 Å². The van der Waals surface area contributed by atoms with E-state index >= 15 is 0 Å². The summed E-state index contributed by atoms with van der Waals surface area (Å²) in [6.45, 7) is 1.77. The summed E-state index contributed by atoms with van der Waals surface area (Å²) in [5, 5.41) is 0. The standard InChI is InChI=1S/C26H27NO3/c1-28-17-10-18-29-24-19-30-23-16-9-8-15-22(23)26(24)27-25(20-11-4-2-5-12-20)21-13-6-3-7-14-21/h2-9,11-16,24,26H,10,17-19H2,1H3/t24-,26-/m0/s1. The maximum Gasteiger partial charge on any atom is 0.124 e. The Hall–Kier alpha value is -2.95. The molecule has 3 aromatic rings. The van der Waals surface area contributed by atoms with Gasteiger partial charge in [-0.05, 0) is 12.5 Å². The van der Waals surface area contributed by atoms with Gasteiger partial charge < -0.3 is 14.2 Å². The minimum atomic E-state index is -0.154. The number of hydrogen-bond donors (Lipinski definition) is 0. The third-order valence-corrected chi connectivity index (χ3v) is 5.18. The maximum atomic E-state index is 6.22. The Morgan fingerprint density at radius 1 is 0.867 bits per heavy atom. The molecule has 0 bridgehead atoms. The van der Waals surface area contributed by atoms with Crippen molar-refractivity contribution in [3.05, 3.63) is 102 Å². The Labute approximate surface area is 178 Å². The number of benzene rings is 3. The third kappa shape index (κ3) is 4.78. The van der Waals surface area contributed by atoms with Gasteiger partial charge in [0.2, 0.25) is 0 Å². The highest BCUT2D eigenvalue weighted by Crippen LogP contribution is 2.37. The normalized spacial score (nSPS) is 17.6. The van der Waals surface area contributed by atoms with Crippen molar-refractivity contribution in [1.29, 1.82) is 0 Å². The van der Waals surface area contributed by atoms with Gasteiger partial charge in [-0.15, -0.1) is 0 Å². The number of para-hydroxylation sites is 1. The van der Waals surface area contributed by atoms with Crippen molar-refractivity contribution in [2.24, 2.45) is 4.99 Å². The van der Waals surface area contributed by atoms with E-state index < -0.39 is 0 Å². The number of methoxy groups -OCH3 is 1. The van der Waals surface area contributed by atoms with Crippen molar-refractivity contribution in [2.75, 3.05) is 26.9 Å². The summed E-state index contributed by atoms with van der Waals surface area (Å²) in [5.41, 5.74) is 4.20. The number of aliphatic imine (C=N–C) groups is 1. The Morgan fingerprint density at radius 3 is 2.17 bits per heavy atom. The summed E-state index contributed by atoms with van der Waals surface area (Å²) in [4.78, 5) is 5.28. The first kappa shape index (κ1) is 20.3. The molecule has 0 unspecified atom stereocenters. The zero-order chi connectivity index (χ0) is 20.6. The molecule has 3 aromatic carbocycles. The fourth-order valence-corrected chi connectivity index (χ4v) is 3.70. The summed E-state index contributed by atoms with van der Waals surface area (Å²) < 4.78 is 17.4. The van der Waals surface area contributed by atoms with E-state index in [-0.39, 0.29) is 12.1 Å². The predicted molar refractivity (Wildman–Crippen MR) is 119 cm³/mol. The Balaban J connectivity index is 1.74. The summed E-state index contributed by atoms with van der Waals surface area (Å²) in [5.74, 6) is 0.878. The number of fused-ring (bicyclic) bond motifs is 1. The summed E-state index contributed by atoms with van der Waals surface area (Å²) in [6, 6.07) is 28.6. The molecule has 30 heavy (non-hydrogen) atoms. The van der Waals surface area contributed by atoms with Crippen LogP contribution in [-0.2, 0) is 9.47 Å². The van der Waals surface area contributed by atoms with Crippen molar-refractivity contribution in [3.8, 4) is 5.75 Å². The van der Waals surface area contributed by atoms with E-state index in [0.717, 1.165) is 34.6 Å². The number of nitrogens with zero attached hydrogens (tertiary/aromatic N) is 1. The molecule has 1 aliphatic rings. The second-order valence-electron chi connectivity index (χ2n) is 7.26. The smallest absolute Gasteiger partial charge is 0.124 e. The first-order valence-electron chi connectivity index (χ1n) is 10.4. The van der Waals surface area contributed by atoms with Crippen LogP contribution in [0.2, 0.25) is 0 Å². The van der Waals surface area contributed by atoms with Crippen LogP contribution in [0.4, 0.5) is 0 Å². The molecular formula is C26H27NO3. The van der Waals surface area contributed by atoms with Crippen LogP contribution in [-0.4, -0.2) is 38.7 Å². The van der Waals surface area contributed by atoms with Gasteiger partial charge in [0, 0.05) is 37.0 Å². The molecular weight excluding hydrogens is 374 g/mol. The Morgan fingerprint density at radius 2 is 1.50 bits per heavy atom. The fraction of sp³-hybridized carbons (Fsp3) is 0.269. The molecule has 4 heteroatoms. The van der Waals surface area contributed by atoms with Gasteiger partial charge >= 0.3 is 0 Å². The minimum Gasteiger partial charge on any atom is -0.490 e. The van der Waals surface area contributed by atoms with Crippen molar-refractivity contribution in [1.82, 2.24) is 0 Å². The van der Waals surface area contributed by atoms with E-state index in [1.165, 1.54) is 0 Å². The molecule has 0 fully saturated rings. The number of rotatable bonds is 8. The van der Waals surface area contributed by atoms with E-state index in [2.05, 4.69) is 30.3 Å². The molecule has 0 saturated carbocycles. The molecule has 0 N–H and O–H groups in total. The van der Waals surface area contributed by atoms with E-state index in [0.29, 0.717) is 19.8 Å². The van der Waals surface area contributed by atoms with Crippen LogP contribution in [0.25, 0.3) is 0 Å². The number of hydrogen-bond acceptors (Lipinski definition) is 4. The Bertz CT molecular complexity index is 915. The van der Waals surface area contributed by atoms with Gasteiger partial charge in [-0.25, -0.2) is 0 Å². The van der Waals surface area contributed by atoms with Crippen molar-refractivity contribution in [3.63, 3.8) is 0 Å². The molecule has 4 rings (SSSR count). The lowest BCUT2D eigenvalue weighted by atomic mass is 9.96. The van der Waals surface area contributed by atoms with Gasteiger partial charge in [0.1, 0.15) is 24.5 Å². The highest BCUT2D eigenvalue weighted by Gasteiger charge is 2.32. The van der Waals surface area contributed by atoms with Crippen LogP contribution < -0.4 is 4.74 Å². The van der Waals surface area contributed by atoms with Gasteiger partial charge in [0.25, 0.3) is 0 Å². The molecule has 0 amide bonds. The zero-order valence-electron chi connectivity index (χ0n) is 17.2. The zero-order valence-corrected chi connectivity index (χ0v) is 17.2. The number of ether oxygens (including phenoxy) is 3. The summed E-state index contributed by atoms with van der Waals surface area (Å²) >= 11 is 0. The molecule has 154 valence electrons. The molecule has 0 aromatic heterocycles. The van der Waals surface area contributed by atoms with Gasteiger partial charge in [-0.2, -0.15) is 0 Å².